The first-order valence-corrected chi connectivity index (χ1v) is 10.1. The Kier molecular flexibility index (Phi) is 6.04. The van der Waals surface area contributed by atoms with E-state index >= 15 is 0 Å². The topological polar surface area (TPSA) is 115 Å². The van der Waals surface area contributed by atoms with Crippen molar-refractivity contribution in [1.29, 1.82) is 0 Å². The predicted octanol–water partition coefficient (Wildman–Crippen LogP) is 3.53. The zero-order valence-corrected chi connectivity index (χ0v) is 15.4. The van der Waals surface area contributed by atoms with Gasteiger partial charge in [0.2, 0.25) is 10.0 Å². The average molecular weight is 381 g/mol. The van der Waals surface area contributed by atoms with E-state index in [1.54, 1.807) is 11.8 Å². The van der Waals surface area contributed by atoms with Gasteiger partial charge in [0.15, 0.2) is 0 Å². The molecule has 3 N–H and O–H groups in total. The van der Waals surface area contributed by atoms with Crippen LogP contribution in [0.4, 0.5) is 11.4 Å². The standard InChI is InChI=1S/C16H19N3O4S2/c1-3-24-13-6-4-12(5-7-13)11(2)18-15-9-8-14(25(17,22)23)10-16(15)19(20)21/h4-11,18H,3H2,1-2H3,(H2,17,22,23). The molecule has 2 aromatic rings. The van der Waals surface area contributed by atoms with Gasteiger partial charge in [-0.2, -0.15) is 0 Å². The van der Waals surface area contributed by atoms with E-state index < -0.39 is 14.9 Å². The summed E-state index contributed by atoms with van der Waals surface area (Å²) in [5, 5.41) is 19.4. The number of anilines is 1. The van der Waals surface area contributed by atoms with Gasteiger partial charge in [-0.3, -0.25) is 10.1 Å². The van der Waals surface area contributed by atoms with Crippen molar-refractivity contribution in [3.05, 3.63) is 58.1 Å². The molecule has 0 amide bonds. The van der Waals surface area contributed by atoms with Crippen LogP contribution in [0.15, 0.2) is 52.3 Å². The highest BCUT2D eigenvalue weighted by atomic mass is 32.2. The van der Waals surface area contributed by atoms with Gasteiger partial charge in [0.25, 0.3) is 5.69 Å². The van der Waals surface area contributed by atoms with Crippen molar-refractivity contribution in [2.24, 2.45) is 5.14 Å². The Morgan fingerprint density at radius 2 is 1.88 bits per heavy atom. The van der Waals surface area contributed by atoms with Crippen LogP contribution in [0.25, 0.3) is 0 Å². The van der Waals surface area contributed by atoms with Gasteiger partial charge in [-0.05, 0) is 42.5 Å². The first kappa shape index (κ1) is 19.2. The average Bonchev–Trinajstić information content (AvgIpc) is 2.55. The molecule has 1 unspecified atom stereocenters. The summed E-state index contributed by atoms with van der Waals surface area (Å²) in [6.07, 6.45) is 0. The lowest BCUT2D eigenvalue weighted by Gasteiger charge is -2.16. The van der Waals surface area contributed by atoms with Crippen LogP contribution in [-0.4, -0.2) is 19.1 Å². The second-order valence-corrected chi connectivity index (χ2v) is 8.25. The van der Waals surface area contributed by atoms with E-state index in [-0.39, 0.29) is 22.3 Å². The minimum absolute atomic E-state index is 0.195. The van der Waals surface area contributed by atoms with Crippen molar-refractivity contribution in [3.8, 4) is 0 Å². The van der Waals surface area contributed by atoms with Crippen LogP contribution in [0.1, 0.15) is 25.5 Å². The summed E-state index contributed by atoms with van der Waals surface area (Å²) in [6.45, 7) is 3.95. The lowest BCUT2D eigenvalue weighted by atomic mass is 10.1. The summed E-state index contributed by atoms with van der Waals surface area (Å²) >= 11 is 1.73. The molecule has 7 nitrogen and oxygen atoms in total. The molecule has 0 aliphatic carbocycles. The van der Waals surface area contributed by atoms with E-state index in [0.29, 0.717) is 0 Å². The molecule has 0 spiro atoms. The number of nitrogens with one attached hydrogen (secondary N) is 1. The highest BCUT2D eigenvalue weighted by molar-refractivity contribution is 7.99. The number of sulfonamides is 1. The number of nitrogens with two attached hydrogens (primary N) is 1. The Morgan fingerprint density at radius 1 is 1.24 bits per heavy atom. The van der Waals surface area contributed by atoms with E-state index in [2.05, 4.69) is 12.2 Å². The Morgan fingerprint density at radius 3 is 2.40 bits per heavy atom. The molecular weight excluding hydrogens is 362 g/mol. The lowest BCUT2D eigenvalue weighted by molar-refractivity contribution is -0.384. The number of nitrogens with zero attached hydrogens (tertiary/aromatic N) is 1. The van der Waals surface area contributed by atoms with Crippen molar-refractivity contribution >= 4 is 33.2 Å². The summed E-state index contributed by atoms with van der Waals surface area (Å²) < 4.78 is 22.8. The van der Waals surface area contributed by atoms with Crippen LogP contribution in [0, 0.1) is 10.1 Å². The normalized spacial score (nSPS) is 12.6. The number of primary sulfonamides is 1. The Hall–Kier alpha value is -2.10. The van der Waals surface area contributed by atoms with E-state index in [4.69, 9.17) is 5.14 Å². The van der Waals surface area contributed by atoms with E-state index in [9.17, 15) is 18.5 Å². The number of thioether (sulfide) groups is 1. The smallest absolute Gasteiger partial charge is 0.293 e. The first-order chi connectivity index (χ1) is 11.7. The van der Waals surface area contributed by atoms with Crippen LogP contribution < -0.4 is 10.5 Å². The third kappa shape index (κ3) is 4.94. The van der Waals surface area contributed by atoms with E-state index in [1.165, 1.54) is 12.1 Å². The highest BCUT2D eigenvalue weighted by Gasteiger charge is 2.20. The molecule has 0 aliphatic heterocycles. The third-order valence-corrected chi connectivity index (χ3v) is 5.36. The summed E-state index contributed by atoms with van der Waals surface area (Å²) in [7, 11) is -4.00. The van der Waals surface area contributed by atoms with E-state index in [1.807, 2.05) is 31.2 Å². The monoisotopic (exact) mass is 381 g/mol. The minimum atomic E-state index is -4.00. The van der Waals surface area contributed by atoms with Gasteiger partial charge >= 0.3 is 0 Å². The molecule has 134 valence electrons. The first-order valence-electron chi connectivity index (χ1n) is 7.53. The lowest BCUT2D eigenvalue weighted by Crippen LogP contribution is -2.13. The molecule has 0 bridgehead atoms. The summed E-state index contributed by atoms with van der Waals surface area (Å²) in [6, 6.07) is 11.3. The molecule has 0 saturated heterocycles. The molecule has 9 heteroatoms. The van der Waals surface area contributed by atoms with Gasteiger partial charge in [-0.15, -0.1) is 11.8 Å². The molecule has 0 radical (unpaired) electrons. The number of nitro benzene ring substituents is 1. The maximum absolute atomic E-state index is 11.4. The molecule has 2 rings (SSSR count). The van der Waals surface area contributed by atoms with Crippen LogP contribution in [-0.2, 0) is 10.0 Å². The SMILES string of the molecule is CCSc1ccc(C(C)Nc2ccc(S(N)(=O)=O)cc2[N+](=O)[O-])cc1. The van der Waals surface area contributed by atoms with Crippen molar-refractivity contribution < 1.29 is 13.3 Å². The summed E-state index contributed by atoms with van der Waals surface area (Å²) in [5.74, 6) is 0.982. The molecule has 0 aliphatic rings. The van der Waals surface area contributed by atoms with Crippen LogP contribution in [0.2, 0.25) is 0 Å². The van der Waals surface area contributed by atoms with Crippen LogP contribution in [0.5, 0.6) is 0 Å². The Labute approximate surface area is 150 Å². The molecule has 25 heavy (non-hydrogen) atoms. The number of benzene rings is 2. The molecule has 2 aromatic carbocycles. The molecule has 1 atom stereocenters. The molecule has 0 aromatic heterocycles. The fourth-order valence-electron chi connectivity index (χ4n) is 2.30. The highest BCUT2D eigenvalue weighted by Crippen LogP contribution is 2.31. The number of hydrogen-bond acceptors (Lipinski definition) is 6. The van der Waals surface area contributed by atoms with Crippen molar-refractivity contribution in [2.75, 3.05) is 11.1 Å². The zero-order chi connectivity index (χ0) is 18.6. The minimum Gasteiger partial charge on any atom is -0.373 e. The second-order valence-electron chi connectivity index (χ2n) is 5.35. The van der Waals surface area contributed by atoms with Crippen LogP contribution >= 0.6 is 11.8 Å². The predicted molar refractivity (Wildman–Crippen MR) is 99.3 cm³/mol. The van der Waals surface area contributed by atoms with Crippen molar-refractivity contribution in [3.63, 3.8) is 0 Å². The Bertz CT molecular complexity index is 867. The van der Waals surface area contributed by atoms with Gasteiger partial charge in [0, 0.05) is 17.0 Å². The Balaban J connectivity index is 2.27. The third-order valence-electron chi connectivity index (χ3n) is 3.56. The number of nitro groups is 1. The van der Waals surface area contributed by atoms with Crippen molar-refractivity contribution in [2.45, 2.75) is 29.7 Å². The van der Waals surface area contributed by atoms with Gasteiger partial charge in [-0.1, -0.05) is 19.1 Å². The maximum atomic E-state index is 11.4. The number of hydrogen-bond donors (Lipinski definition) is 2. The number of rotatable bonds is 7. The summed E-state index contributed by atoms with van der Waals surface area (Å²) in [5.41, 5.74) is 0.860. The van der Waals surface area contributed by atoms with Gasteiger partial charge in [0.1, 0.15) is 5.69 Å². The van der Waals surface area contributed by atoms with Crippen molar-refractivity contribution in [1.82, 2.24) is 0 Å². The quantitative estimate of drug-likeness (QED) is 0.431. The molecule has 0 saturated carbocycles. The fraction of sp³-hybridized carbons (Fsp3) is 0.250. The molecule has 0 heterocycles. The largest absolute Gasteiger partial charge is 0.373 e. The fourth-order valence-corrected chi connectivity index (χ4v) is 3.49. The maximum Gasteiger partial charge on any atom is 0.293 e. The van der Waals surface area contributed by atoms with Crippen LogP contribution in [0.3, 0.4) is 0 Å². The zero-order valence-electron chi connectivity index (χ0n) is 13.8. The summed E-state index contributed by atoms with van der Waals surface area (Å²) in [4.78, 5) is 11.5. The van der Waals surface area contributed by atoms with Gasteiger partial charge in [0.05, 0.1) is 9.82 Å². The second kappa shape index (κ2) is 7.85. The van der Waals surface area contributed by atoms with Gasteiger partial charge in [-0.25, -0.2) is 13.6 Å². The molecular formula is C16H19N3O4S2. The van der Waals surface area contributed by atoms with Gasteiger partial charge < -0.3 is 5.32 Å². The molecule has 0 fully saturated rings. The van der Waals surface area contributed by atoms with E-state index in [0.717, 1.165) is 22.3 Å².